The molecule has 0 saturated heterocycles. The van der Waals surface area contributed by atoms with Gasteiger partial charge in [0.25, 0.3) is 0 Å². The predicted octanol–water partition coefficient (Wildman–Crippen LogP) is 1.77. The van der Waals surface area contributed by atoms with Crippen molar-refractivity contribution < 1.29 is 19.1 Å². The molecule has 0 bridgehead atoms. The first-order valence-corrected chi connectivity index (χ1v) is 5.39. The van der Waals surface area contributed by atoms with Crippen LogP contribution in [0.25, 0.3) is 0 Å². The predicted molar refractivity (Wildman–Crippen MR) is 57.5 cm³/mol. The number of halogens is 2. The molecule has 4 nitrogen and oxygen atoms in total. The van der Waals surface area contributed by atoms with E-state index in [0.717, 1.165) is 6.07 Å². The van der Waals surface area contributed by atoms with E-state index in [-0.39, 0.29) is 22.7 Å². The van der Waals surface area contributed by atoms with Crippen LogP contribution in [0.5, 0.6) is 0 Å². The van der Waals surface area contributed by atoms with Crippen molar-refractivity contribution in [3.05, 3.63) is 28.5 Å². The summed E-state index contributed by atoms with van der Waals surface area (Å²) in [6.07, 6.45) is 0.171. The van der Waals surface area contributed by atoms with E-state index in [0.29, 0.717) is 0 Å². The van der Waals surface area contributed by atoms with Gasteiger partial charge in [0, 0.05) is 10.6 Å². The highest BCUT2D eigenvalue weighted by Gasteiger charge is 2.69. The molecule has 2 N–H and O–H groups in total. The SMILES string of the molecule is O=C(O)C1CC12C(=O)Nc1c(F)ccc(Cl)c12. The number of carboxylic acids is 1. The zero-order chi connectivity index (χ0) is 12.4. The number of nitrogens with one attached hydrogen (secondary N) is 1. The number of hydrogen-bond acceptors (Lipinski definition) is 2. The number of anilines is 1. The van der Waals surface area contributed by atoms with Gasteiger partial charge in [0.15, 0.2) is 0 Å². The van der Waals surface area contributed by atoms with Crippen LogP contribution < -0.4 is 5.32 Å². The van der Waals surface area contributed by atoms with Crippen LogP contribution >= 0.6 is 11.6 Å². The quantitative estimate of drug-likeness (QED) is 0.804. The van der Waals surface area contributed by atoms with Crippen LogP contribution in [0.2, 0.25) is 5.02 Å². The third-order valence-electron chi connectivity index (χ3n) is 3.45. The van der Waals surface area contributed by atoms with Crippen LogP contribution in [0.15, 0.2) is 12.1 Å². The summed E-state index contributed by atoms with van der Waals surface area (Å²) in [5.74, 6) is -2.95. The molecular weight excluding hydrogens is 249 g/mol. The Kier molecular flexibility index (Phi) is 1.85. The fourth-order valence-electron chi connectivity index (χ4n) is 2.54. The van der Waals surface area contributed by atoms with Crippen molar-refractivity contribution in [1.82, 2.24) is 0 Å². The van der Waals surface area contributed by atoms with Gasteiger partial charge in [-0.1, -0.05) is 11.6 Å². The molecule has 1 saturated carbocycles. The average molecular weight is 256 g/mol. The number of benzene rings is 1. The summed E-state index contributed by atoms with van der Waals surface area (Å²) < 4.78 is 13.5. The molecule has 1 aromatic carbocycles. The maximum absolute atomic E-state index is 13.5. The minimum atomic E-state index is -1.17. The molecule has 2 unspecified atom stereocenters. The van der Waals surface area contributed by atoms with Gasteiger partial charge < -0.3 is 10.4 Å². The molecule has 1 aromatic rings. The molecule has 3 rings (SSSR count). The van der Waals surface area contributed by atoms with Crippen LogP contribution in [-0.2, 0) is 15.0 Å². The molecule has 1 amide bonds. The van der Waals surface area contributed by atoms with E-state index >= 15 is 0 Å². The maximum Gasteiger partial charge on any atom is 0.307 e. The van der Waals surface area contributed by atoms with Crippen molar-refractivity contribution >= 4 is 29.2 Å². The van der Waals surface area contributed by atoms with E-state index in [9.17, 15) is 14.0 Å². The van der Waals surface area contributed by atoms with Crippen LogP contribution in [-0.4, -0.2) is 17.0 Å². The molecule has 88 valence electrons. The van der Waals surface area contributed by atoms with E-state index in [4.69, 9.17) is 16.7 Å². The second-order valence-electron chi connectivity index (χ2n) is 4.30. The van der Waals surface area contributed by atoms with Gasteiger partial charge in [-0.3, -0.25) is 9.59 Å². The number of aliphatic carboxylic acids is 1. The summed E-state index contributed by atoms with van der Waals surface area (Å²) in [5.41, 5.74) is -0.858. The third-order valence-corrected chi connectivity index (χ3v) is 3.77. The Hall–Kier alpha value is -1.62. The summed E-state index contributed by atoms with van der Waals surface area (Å²) in [5, 5.41) is 11.6. The number of carbonyl (C=O) groups excluding carboxylic acids is 1. The van der Waals surface area contributed by atoms with Gasteiger partial charge in [0.05, 0.1) is 17.0 Å². The number of hydrogen-bond donors (Lipinski definition) is 2. The smallest absolute Gasteiger partial charge is 0.307 e. The molecule has 2 atom stereocenters. The number of carbonyl (C=O) groups is 2. The van der Waals surface area contributed by atoms with Gasteiger partial charge in [-0.15, -0.1) is 0 Å². The molecule has 0 radical (unpaired) electrons. The van der Waals surface area contributed by atoms with E-state index in [1.807, 2.05) is 0 Å². The summed E-state index contributed by atoms with van der Waals surface area (Å²) in [4.78, 5) is 22.8. The molecular formula is C11H7ClFNO3. The summed E-state index contributed by atoms with van der Waals surface area (Å²) >= 11 is 5.95. The van der Waals surface area contributed by atoms with Crippen LogP contribution in [0.1, 0.15) is 12.0 Å². The van der Waals surface area contributed by atoms with Gasteiger partial charge in [0.1, 0.15) is 5.82 Å². The number of amides is 1. The number of carboxylic acid groups (broad SMARTS) is 1. The second-order valence-corrected chi connectivity index (χ2v) is 4.71. The topological polar surface area (TPSA) is 66.4 Å². The lowest BCUT2D eigenvalue weighted by molar-refractivity contribution is -0.140. The zero-order valence-electron chi connectivity index (χ0n) is 8.46. The first-order chi connectivity index (χ1) is 7.98. The summed E-state index contributed by atoms with van der Waals surface area (Å²) in [6.45, 7) is 0. The van der Waals surface area contributed by atoms with E-state index in [1.165, 1.54) is 6.07 Å². The number of rotatable bonds is 1. The van der Waals surface area contributed by atoms with Crippen molar-refractivity contribution in [3.8, 4) is 0 Å². The Morgan fingerprint density at radius 1 is 1.59 bits per heavy atom. The fourth-order valence-corrected chi connectivity index (χ4v) is 2.86. The molecule has 1 aliphatic carbocycles. The van der Waals surface area contributed by atoms with Crippen molar-refractivity contribution in [2.24, 2.45) is 5.92 Å². The second kappa shape index (κ2) is 2.98. The first kappa shape index (κ1) is 10.5. The number of fused-ring (bicyclic) bond motifs is 2. The van der Waals surface area contributed by atoms with Gasteiger partial charge >= 0.3 is 5.97 Å². The zero-order valence-corrected chi connectivity index (χ0v) is 9.21. The Morgan fingerprint density at radius 2 is 2.29 bits per heavy atom. The highest BCUT2D eigenvalue weighted by molar-refractivity contribution is 6.33. The molecule has 1 spiro atoms. The van der Waals surface area contributed by atoms with Crippen LogP contribution in [0, 0.1) is 11.7 Å². The minimum Gasteiger partial charge on any atom is -0.481 e. The Balaban J connectivity index is 2.22. The standard InChI is InChI=1S/C11H7ClFNO3/c12-5-1-2-6(13)8-7(5)11(10(17)14-8)3-4(11)9(15)16/h1-2,4H,3H2,(H,14,17)(H,15,16). The lowest BCUT2D eigenvalue weighted by Crippen LogP contribution is -2.24. The Bertz CT molecular complexity index is 574. The van der Waals surface area contributed by atoms with Crippen molar-refractivity contribution in [3.63, 3.8) is 0 Å². The summed E-state index contributed by atoms with van der Waals surface area (Å²) in [7, 11) is 0. The maximum atomic E-state index is 13.5. The molecule has 17 heavy (non-hydrogen) atoms. The monoisotopic (exact) mass is 255 g/mol. The van der Waals surface area contributed by atoms with Crippen molar-refractivity contribution in [2.45, 2.75) is 11.8 Å². The molecule has 1 heterocycles. The summed E-state index contributed by atoms with van der Waals surface area (Å²) in [6, 6.07) is 2.49. The van der Waals surface area contributed by atoms with Gasteiger partial charge in [0.2, 0.25) is 5.91 Å². The average Bonchev–Trinajstić information content (AvgIpc) is 2.92. The van der Waals surface area contributed by atoms with E-state index < -0.39 is 29.0 Å². The molecule has 1 fully saturated rings. The van der Waals surface area contributed by atoms with Crippen LogP contribution in [0.3, 0.4) is 0 Å². The van der Waals surface area contributed by atoms with E-state index in [2.05, 4.69) is 5.32 Å². The Morgan fingerprint density at radius 3 is 2.88 bits per heavy atom. The minimum absolute atomic E-state index is 0.0197. The fraction of sp³-hybridized carbons (Fsp3) is 0.273. The van der Waals surface area contributed by atoms with Crippen LogP contribution in [0.4, 0.5) is 10.1 Å². The Labute approximate surface area is 100 Å². The lowest BCUT2D eigenvalue weighted by atomic mass is 9.94. The molecule has 2 aliphatic rings. The van der Waals surface area contributed by atoms with E-state index in [1.54, 1.807) is 0 Å². The van der Waals surface area contributed by atoms with Crippen molar-refractivity contribution in [1.29, 1.82) is 0 Å². The third kappa shape index (κ3) is 1.12. The highest BCUT2D eigenvalue weighted by atomic mass is 35.5. The molecule has 6 heteroatoms. The molecule has 0 aromatic heterocycles. The first-order valence-electron chi connectivity index (χ1n) is 5.01. The largest absolute Gasteiger partial charge is 0.481 e. The molecule has 1 aliphatic heterocycles. The normalized spacial score (nSPS) is 29.1. The van der Waals surface area contributed by atoms with Crippen molar-refractivity contribution in [2.75, 3.05) is 5.32 Å². The lowest BCUT2D eigenvalue weighted by Gasteiger charge is -2.08. The van der Waals surface area contributed by atoms with Gasteiger partial charge in [-0.25, -0.2) is 4.39 Å². The highest BCUT2D eigenvalue weighted by Crippen LogP contribution is 2.62. The van der Waals surface area contributed by atoms with Gasteiger partial charge in [-0.05, 0) is 18.6 Å². The van der Waals surface area contributed by atoms with Gasteiger partial charge in [-0.2, -0.15) is 0 Å².